The molecule has 1 heterocycles. The Bertz CT molecular complexity index is 1300. The summed E-state index contributed by atoms with van der Waals surface area (Å²) in [5.74, 6) is 0. The molecule has 2 amide bonds. The van der Waals surface area contributed by atoms with Crippen molar-refractivity contribution >= 4 is 35.7 Å². The standard InChI is InChI=1S/C32H46ClN5O4.C4H9N.C2H6/c1-22(2)19-29(37-15-17-38(18-16-37)31(40)41-23(3)4)26-10-9-25(33)20-27(26)24(5)28(11-14-34-21-36(7)8)35-30(39)42-32(6)12-13-32;1-3-4-5-2;1-2/h9-11,14,20-21,23,28-29H,1,5,12-13,15-19H2,2-4,6-8H3,(H,35,39);3-5H,1-2H3;1-2H3/b14-11+,34-21?;4-3-;. The molecular formula is C38H61ClN6O4. The van der Waals surface area contributed by atoms with Crippen LogP contribution in [0, 0.1) is 0 Å². The van der Waals surface area contributed by atoms with E-state index in [1.807, 2.05) is 105 Å². The van der Waals surface area contributed by atoms with Crippen LogP contribution in [0.4, 0.5) is 9.59 Å². The van der Waals surface area contributed by atoms with Crippen LogP contribution in [-0.2, 0) is 9.47 Å². The molecule has 0 aromatic heterocycles. The molecule has 1 aromatic rings. The Morgan fingerprint density at radius 1 is 1.14 bits per heavy atom. The number of hydrogen-bond acceptors (Lipinski definition) is 7. The molecule has 1 aliphatic carbocycles. The van der Waals surface area contributed by atoms with E-state index in [-0.39, 0.29) is 18.2 Å². The van der Waals surface area contributed by atoms with Gasteiger partial charge in [-0.15, -0.1) is 6.58 Å². The van der Waals surface area contributed by atoms with Gasteiger partial charge in [-0.1, -0.05) is 49.7 Å². The fraction of sp³-hybridized carbons (Fsp3) is 0.553. The molecule has 1 saturated carbocycles. The first-order valence-electron chi connectivity index (χ1n) is 17.2. The van der Waals surface area contributed by atoms with Gasteiger partial charge in [0.25, 0.3) is 0 Å². The molecule has 49 heavy (non-hydrogen) atoms. The van der Waals surface area contributed by atoms with Crippen molar-refractivity contribution in [1.82, 2.24) is 25.3 Å². The monoisotopic (exact) mass is 700 g/mol. The van der Waals surface area contributed by atoms with Crippen molar-refractivity contribution in [1.29, 1.82) is 0 Å². The molecule has 2 unspecified atom stereocenters. The van der Waals surface area contributed by atoms with E-state index in [2.05, 4.69) is 33.7 Å². The molecular weight excluding hydrogens is 640 g/mol. The minimum absolute atomic E-state index is 0.0384. The van der Waals surface area contributed by atoms with Gasteiger partial charge in [0.15, 0.2) is 0 Å². The highest BCUT2D eigenvalue weighted by Gasteiger charge is 2.42. The van der Waals surface area contributed by atoms with Gasteiger partial charge in [-0.2, -0.15) is 0 Å². The van der Waals surface area contributed by atoms with Crippen molar-refractivity contribution in [2.75, 3.05) is 47.3 Å². The van der Waals surface area contributed by atoms with Crippen molar-refractivity contribution in [3.8, 4) is 0 Å². The van der Waals surface area contributed by atoms with Gasteiger partial charge in [-0.3, -0.25) is 4.90 Å². The zero-order valence-corrected chi connectivity index (χ0v) is 32.3. The summed E-state index contributed by atoms with van der Waals surface area (Å²) in [6.45, 7) is 24.7. The normalized spacial score (nSPS) is 16.6. The molecule has 0 bridgehead atoms. The van der Waals surface area contributed by atoms with E-state index in [4.69, 9.17) is 21.1 Å². The van der Waals surface area contributed by atoms with Crippen molar-refractivity contribution in [3.63, 3.8) is 0 Å². The number of allylic oxidation sites excluding steroid dienone is 1. The summed E-state index contributed by atoms with van der Waals surface area (Å²) >= 11 is 6.53. The van der Waals surface area contributed by atoms with Crippen LogP contribution in [0.5, 0.6) is 0 Å². The number of rotatable bonds is 13. The molecule has 1 aromatic carbocycles. The molecule has 0 spiro atoms. The first kappa shape index (κ1) is 43.3. The van der Waals surface area contributed by atoms with E-state index in [0.29, 0.717) is 43.2 Å². The Morgan fingerprint density at radius 3 is 2.27 bits per heavy atom. The lowest BCUT2D eigenvalue weighted by molar-refractivity contribution is 0.0476. The third-order valence-corrected chi connectivity index (χ3v) is 7.78. The van der Waals surface area contributed by atoms with E-state index in [1.165, 1.54) is 0 Å². The molecule has 1 saturated heterocycles. The Hall–Kier alpha value is -3.76. The van der Waals surface area contributed by atoms with Gasteiger partial charge in [0.1, 0.15) is 5.60 Å². The molecule has 3 rings (SSSR count). The Balaban J connectivity index is 0.00000157. The summed E-state index contributed by atoms with van der Waals surface area (Å²) < 4.78 is 11.1. The lowest BCUT2D eigenvalue weighted by Crippen LogP contribution is -2.50. The SMILES string of the molecule is C/C=C\NC.C=C(C)CC(c1ccc(Cl)cc1C(=C)C(/C=C/N=CN(C)C)NC(=O)OC1(C)CC1)N1CCN(C(=O)OC(C)C)CC1.CC. The van der Waals surface area contributed by atoms with Crippen LogP contribution in [0.25, 0.3) is 5.57 Å². The average Bonchev–Trinajstić information content (AvgIpc) is 3.78. The summed E-state index contributed by atoms with van der Waals surface area (Å²) in [6.07, 6.45) is 10.4. The number of halogens is 1. The highest BCUT2D eigenvalue weighted by molar-refractivity contribution is 6.30. The van der Waals surface area contributed by atoms with Gasteiger partial charge in [-0.05, 0) is 95.0 Å². The maximum absolute atomic E-state index is 12.9. The summed E-state index contributed by atoms with van der Waals surface area (Å²) in [5, 5.41) is 6.37. The zero-order valence-electron chi connectivity index (χ0n) is 31.5. The highest BCUT2D eigenvalue weighted by atomic mass is 35.5. The van der Waals surface area contributed by atoms with E-state index < -0.39 is 17.7 Å². The lowest BCUT2D eigenvalue weighted by Gasteiger charge is -2.40. The van der Waals surface area contributed by atoms with Gasteiger partial charge in [0.2, 0.25) is 0 Å². The second kappa shape index (κ2) is 22.1. The van der Waals surface area contributed by atoms with Gasteiger partial charge in [0, 0.05) is 64.6 Å². The first-order valence-corrected chi connectivity index (χ1v) is 17.5. The molecule has 0 radical (unpaired) electrons. The summed E-state index contributed by atoms with van der Waals surface area (Å²) in [7, 11) is 5.64. The van der Waals surface area contributed by atoms with E-state index in [9.17, 15) is 9.59 Å². The average molecular weight is 701 g/mol. The molecule has 1 aliphatic heterocycles. The van der Waals surface area contributed by atoms with Crippen LogP contribution in [0.15, 0.2) is 66.5 Å². The van der Waals surface area contributed by atoms with Crippen molar-refractivity contribution < 1.29 is 19.1 Å². The molecule has 2 N–H and O–H groups in total. The fourth-order valence-electron chi connectivity index (χ4n) is 4.91. The molecule has 2 atom stereocenters. The fourth-order valence-corrected chi connectivity index (χ4v) is 5.08. The molecule has 2 fully saturated rings. The maximum atomic E-state index is 12.9. The van der Waals surface area contributed by atoms with Crippen LogP contribution in [0.3, 0.4) is 0 Å². The minimum Gasteiger partial charge on any atom is -0.447 e. The number of hydrogen-bond donors (Lipinski definition) is 2. The molecule has 11 heteroatoms. The number of aliphatic imine (C=N–C) groups is 1. The first-order chi connectivity index (χ1) is 23.2. The van der Waals surface area contributed by atoms with Crippen LogP contribution >= 0.6 is 11.6 Å². The molecule has 274 valence electrons. The Labute approximate surface area is 300 Å². The number of carbonyl (C=O) groups excluding carboxylic acids is 2. The smallest absolute Gasteiger partial charge is 0.410 e. The van der Waals surface area contributed by atoms with E-state index in [0.717, 1.165) is 29.5 Å². The highest BCUT2D eigenvalue weighted by Crippen LogP contribution is 2.39. The van der Waals surface area contributed by atoms with E-state index >= 15 is 0 Å². The number of alkyl carbamates (subject to hydrolysis) is 1. The van der Waals surface area contributed by atoms with Crippen molar-refractivity contribution in [2.24, 2.45) is 4.99 Å². The third kappa shape index (κ3) is 16.0. The van der Waals surface area contributed by atoms with Gasteiger partial charge in [-0.25, -0.2) is 14.6 Å². The number of piperazine rings is 1. The van der Waals surface area contributed by atoms with Crippen LogP contribution in [0.1, 0.15) is 84.9 Å². The quantitative estimate of drug-likeness (QED) is 0.122. The molecule has 2 aliphatic rings. The second-order valence-electron chi connectivity index (χ2n) is 12.7. The topological polar surface area (TPSA) is 98.7 Å². The number of ether oxygens (including phenoxy) is 2. The van der Waals surface area contributed by atoms with Gasteiger partial charge < -0.3 is 29.9 Å². The third-order valence-electron chi connectivity index (χ3n) is 7.55. The lowest BCUT2D eigenvalue weighted by atomic mass is 9.88. The number of nitrogens with one attached hydrogen (secondary N) is 2. The Morgan fingerprint density at radius 2 is 1.78 bits per heavy atom. The number of benzene rings is 1. The maximum Gasteiger partial charge on any atom is 0.410 e. The summed E-state index contributed by atoms with van der Waals surface area (Å²) in [5.41, 5.74) is 3.12. The van der Waals surface area contributed by atoms with Gasteiger partial charge >= 0.3 is 12.2 Å². The van der Waals surface area contributed by atoms with Crippen LogP contribution < -0.4 is 10.6 Å². The minimum atomic E-state index is -0.593. The number of nitrogens with zero attached hydrogens (tertiary/aromatic N) is 4. The van der Waals surface area contributed by atoms with Gasteiger partial charge in [0.05, 0.1) is 18.5 Å². The summed E-state index contributed by atoms with van der Waals surface area (Å²) in [4.78, 5) is 35.6. The number of amides is 2. The summed E-state index contributed by atoms with van der Waals surface area (Å²) in [6, 6.07) is 5.15. The second-order valence-corrected chi connectivity index (χ2v) is 13.1. The largest absolute Gasteiger partial charge is 0.447 e. The van der Waals surface area contributed by atoms with Crippen LogP contribution in [-0.4, -0.2) is 98.3 Å². The zero-order chi connectivity index (χ0) is 37.1. The van der Waals surface area contributed by atoms with Crippen molar-refractivity contribution in [2.45, 2.75) is 91.5 Å². The molecule has 10 nitrogen and oxygen atoms in total. The Kier molecular flexibility index (Phi) is 19.5. The predicted molar refractivity (Wildman–Crippen MR) is 205 cm³/mol. The number of carbonyl (C=O) groups is 2. The van der Waals surface area contributed by atoms with Crippen LogP contribution in [0.2, 0.25) is 5.02 Å². The van der Waals surface area contributed by atoms with Crippen molar-refractivity contribution in [3.05, 3.63) is 77.6 Å². The predicted octanol–water partition coefficient (Wildman–Crippen LogP) is 8.04. The van der Waals surface area contributed by atoms with E-state index in [1.54, 1.807) is 23.5 Å².